The molecule has 0 spiro atoms. The molecule has 1 saturated carbocycles. The van der Waals surface area contributed by atoms with Crippen LogP contribution in [-0.2, 0) is 6.54 Å². The van der Waals surface area contributed by atoms with Gasteiger partial charge in [-0.15, -0.1) is 11.3 Å². The van der Waals surface area contributed by atoms with Crippen molar-refractivity contribution in [2.75, 3.05) is 13.2 Å². The lowest BCUT2D eigenvalue weighted by Crippen LogP contribution is -2.41. The summed E-state index contributed by atoms with van der Waals surface area (Å²) in [5.74, 6) is 0. The number of aliphatic hydroxyl groups is 1. The van der Waals surface area contributed by atoms with Gasteiger partial charge < -0.3 is 5.11 Å². The second-order valence-electron chi connectivity index (χ2n) is 4.93. The van der Waals surface area contributed by atoms with Crippen molar-refractivity contribution in [3.05, 3.63) is 27.9 Å². The van der Waals surface area contributed by atoms with Crippen molar-refractivity contribution in [2.24, 2.45) is 0 Å². The van der Waals surface area contributed by atoms with Crippen LogP contribution in [0.25, 0.3) is 10.6 Å². The van der Waals surface area contributed by atoms with E-state index in [0.717, 1.165) is 23.8 Å². The minimum absolute atomic E-state index is 0.234. The fourth-order valence-corrected chi connectivity index (χ4v) is 3.90. The molecule has 1 N–H and O–H groups in total. The Morgan fingerprint density at radius 1 is 1.37 bits per heavy atom. The molecule has 0 atom stereocenters. The summed E-state index contributed by atoms with van der Waals surface area (Å²) in [6.07, 6.45) is 3.85. The maximum atomic E-state index is 9.18. The Balaban J connectivity index is 1.68. The maximum Gasteiger partial charge on any atom is 0.124 e. The molecule has 0 bridgehead atoms. The highest BCUT2D eigenvalue weighted by atomic mass is 32.1. The molecule has 2 heterocycles. The van der Waals surface area contributed by atoms with Crippen molar-refractivity contribution in [1.29, 1.82) is 0 Å². The molecule has 0 saturated heterocycles. The molecule has 5 heteroatoms. The van der Waals surface area contributed by atoms with Crippen molar-refractivity contribution < 1.29 is 5.11 Å². The van der Waals surface area contributed by atoms with Crippen LogP contribution in [0.15, 0.2) is 22.2 Å². The van der Waals surface area contributed by atoms with Crippen molar-refractivity contribution in [2.45, 2.75) is 31.8 Å². The van der Waals surface area contributed by atoms with Crippen LogP contribution in [0.2, 0.25) is 0 Å². The predicted octanol–water partition coefficient (Wildman–Crippen LogP) is 3.22. The van der Waals surface area contributed by atoms with Crippen LogP contribution in [0.4, 0.5) is 0 Å². The first-order valence-electron chi connectivity index (χ1n) is 6.68. The quantitative estimate of drug-likeness (QED) is 0.888. The Bertz CT molecular complexity index is 505. The fraction of sp³-hybridized carbons (Fsp3) is 0.500. The molecule has 0 radical (unpaired) electrons. The highest BCUT2D eigenvalue weighted by molar-refractivity contribution is 7.14. The molecule has 2 aromatic rings. The maximum absolute atomic E-state index is 9.18. The van der Waals surface area contributed by atoms with Crippen LogP contribution < -0.4 is 0 Å². The molecule has 1 aliphatic carbocycles. The van der Waals surface area contributed by atoms with Gasteiger partial charge in [0.1, 0.15) is 5.01 Å². The van der Waals surface area contributed by atoms with Gasteiger partial charge in [-0.25, -0.2) is 4.98 Å². The third kappa shape index (κ3) is 3.05. The van der Waals surface area contributed by atoms with E-state index in [4.69, 9.17) is 4.98 Å². The Hall–Kier alpha value is -0.750. The Morgan fingerprint density at radius 3 is 2.89 bits per heavy atom. The van der Waals surface area contributed by atoms with Crippen LogP contribution in [0.5, 0.6) is 0 Å². The van der Waals surface area contributed by atoms with Gasteiger partial charge in [-0.1, -0.05) is 6.42 Å². The average molecular weight is 294 g/mol. The van der Waals surface area contributed by atoms with Crippen molar-refractivity contribution in [1.82, 2.24) is 9.88 Å². The summed E-state index contributed by atoms with van der Waals surface area (Å²) >= 11 is 3.42. The van der Waals surface area contributed by atoms with Crippen molar-refractivity contribution in [3.8, 4) is 10.6 Å². The van der Waals surface area contributed by atoms with E-state index < -0.39 is 0 Å². The molecule has 3 nitrogen and oxygen atoms in total. The van der Waals surface area contributed by atoms with Gasteiger partial charge in [-0.2, -0.15) is 11.3 Å². The van der Waals surface area contributed by atoms with Gasteiger partial charge in [-0.3, -0.25) is 4.90 Å². The van der Waals surface area contributed by atoms with Crippen LogP contribution in [0, 0.1) is 0 Å². The molecule has 0 aromatic carbocycles. The molecule has 102 valence electrons. The number of rotatable bonds is 6. The number of aromatic nitrogens is 1. The number of nitrogens with zero attached hydrogens (tertiary/aromatic N) is 2. The molecule has 19 heavy (non-hydrogen) atoms. The summed E-state index contributed by atoms with van der Waals surface area (Å²) in [5, 5.41) is 16.7. The van der Waals surface area contributed by atoms with Crippen molar-refractivity contribution >= 4 is 22.7 Å². The average Bonchev–Trinajstić information content (AvgIpc) is 2.95. The van der Waals surface area contributed by atoms with E-state index in [-0.39, 0.29) is 6.61 Å². The first kappa shape index (κ1) is 13.2. The number of hydrogen-bond acceptors (Lipinski definition) is 5. The van der Waals surface area contributed by atoms with E-state index in [1.807, 2.05) is 0 Å². The molecule has 1 fully saturated rings. The predicted molar refractivity (Wildman–Crippen MR) is 80.6 cm³/mol. The summed E-state index contributed by atoms with van der Waals surface area (Å²) in [6, 6.07) is 2.77. The minimum atomic E-state index is 0.234. The lowest BCUT2D eigenvalue weighted by molar-refractivity contribution is 0.0935. The SMILES string of the molecule is OCCN(Cc1csc(-c2ccsc2)n1)C1CCC1. The second-order valence-corrected chi connectivity index (χ2v) is 6.57. The topological polar surface area (TPSA) is 36.4 Å². The lowest BCUT2D eigenvalue weighted by Gasteiger charge is -2.36. The third-order valence-electron chi connectivity index (χ3n) is 3.66. The van der Waals surface area contributed by atoms with E-state index in [9.17, 15) is 5.11 Å². The Kier molecular flexibility index (Phi) is 4.28. The molecular formula is C14H18N2OS2. The van der Waals surface area contributed by atoms with E-state index in [1.54, 1.807) is 22.7 Å². The zero-order valence-electron chi connectivity index (χ0n) is 10.8. The molecular weight excluding hydrogens is 276 g/mol. The molecule has 1 aliphatic rings. The first-order valence-corrected chi connectivity index (χ1v) is 8.51. The zero-order chi connectivity index (χ0) is 13.1. The van der Waals surface area contributed by atoms with E-state index in [2.05, 4.69) is 27.1 Å². The number of hydrogen-bond donors (Lipinski definition) is 1. The van der Waals surface area contributed by atoms with Gasteiger partial charge in [0.15, 0.2) is 0 Å². The van der Waals surface area contributed by atoms with Crippen LogP contribution >= 0.6 is 22.7 Å². The molecule has 3 rings (SSSR count). The monoisotopic (exact) mass is 294 g/mol. The van der Waals surface area contributed by atoms with Crippen molar-refractivity contribution in [3.63, 3.8) is 0 Å². The summed E-state index contributed by atoms with van der Waals surface area (Å²) in [7, 11) is 0. The standard InChI is InChI=1S/C14H18N2OS2/c17-6-5-16(13-2-1-3-13)8-12-10-19-14(15-12)11-4-7-18-9-11/h4,7,9-10,13,17H,1-3,5-6,8H2. The van der Waals surface area contributed by atoms with E-state index in [0.29, 0.717) is 6.04 Å². The number of aliphatic hydroxyl groups excluding tert-OH is 1. The molecule has 0 unspecified atom stereocenters. The Morgan fingerprint density at radius 2 is 2.26 bits per heavy atom. The number of thiazole rings is 1. The van der Waals surface area contributed by atoms with Gasteiger partial charge in [0.2, 0.25) is 0 Å². The summed E-state index contributed by atoms with van der Waals surface area (Å²) < 4.78 is 0. The Labute approximate surface area is 121 Å². The van der Waals surface area contributed by atoms with Crippen LogP contribution in [0.1, 0.15) is 25.0 Å². The van der Waals surface area contributed by atoms with Crippen LogP contribution in [-0.4, -0.2) is 34.2 Å². The molecule has 0 amide bonds. The number of thiophene rings is 1. The highest BCUT2D eigenvalue weighted by Crippen LogP contribution is 2.29. The molecule has 2 aromatic heterocycles. The third-order valence-corrected chi connectivity index (χ3v) is 5.29. The second kappa shape index (κ2) is 6.13. The zero-order valence-corrected chi connectivity index (χ0v) is 12.4. The van der Waals surface area contributed by atoms with Gasteiger partial charge in [0, 0.05) is 35.5 Å². The summed E-state index contributed by atoms with van der Waals surface area (Å²) in [4.78, 5) is 7.09. The van der Waals surface area contributed by atoms with Crippen LogP contribution in [0.3, 0.4) is 0 Å². The van der Waals surface area contributed by atoms with E-state index >= 15 is 0 Å². The first-order chi connectivity index (χ1) is 9.36. The van der Waals surface area contributed by atoms with E-state index in [1.165, 1.54) is 24.8 Å². The largest absolute Gasteiger partial charge is 0.395 e. The fourth-order valence-electron chi connectivity index (χ4n) is 2.38. The molecule has 0 aliphatic heterocycles. The summed E-state index contributed by atoms with van der Waals surface area (Å²) in [5.41, 5.74) is 2.35. The summed E-state index contributed by atoms with van der Waals surface area (Å²) in [6.45, 7) is 1.86. The highest BCUT2D eigenvalue weighted by Gasteiger charge is 2.25. The van der Waals surface area contributed by atoms with Gasteiger partial charge >= 0.3 is 0 Å². The smallest absolute Gasteiger partial charge is 0.124 e. The normalized spacial score (nSPS) is 15.9. The van der Waals surface area contributed by atoms with Gasteiger partial charge in [0.05, 0.1) is 12.3 Å². The minimum Gasteiger partial charge on any atom is -0.395 e. The van der Waals surface area contributed by atoms with Gasteiger partial charge in [0.25, 0.3) is 0 Å². The lowest BCUT2D eigenvalue weighted by atomic mass is 9.91. The van der Waals surface area contributed by atoms with Gasteiger partial charge in [-0.05, 0) is 24.3 Å².